The van der Waals surface area contributed by atoms with E-state index in [0.717, 1.165) is 93.2 Å². The van der Waals surface area contributed by atoms with Crippen LogP contribution in [0.4, 0.5) is 0 Å². The molecule has 6 heteroatoms. The highest BCUT2D eigenvalue weighted by molar-refractivity contribution is 6.26. The fourth-order valence-corrected chi connectivity index (χ4v) is 8.21. The minimum absolute atomic E-state index is 0.299. The van der Waals surface area contributed by atoms with Gasteiger partial charge in [0.05, 0.1) is 55.3 Å². The van der Waals surface area contributed by atoms with Gasteiger partial charge in [-0.25, -0.2) is 0 Å². The van der Waals surface area contributed by atoms with Crippen LogP contribution in [-0.2, 0) is 0 Å². The summed E-state index contributed by atoms with van der Waals surface area (Å²) >= 11 is 0. The largest absolute Gasteiger partial charge is 0.456 e. The lowest BCUT2D eigenvalue weighted by molar-refractivity contribution is 0.669. The third kappa shape index (κ3) is 3.29. The van der Waals surface area contributed by atoms with Crippen LogP contribution in [0.15, 0.2) is 142 Å². The van der Waals surface area contributed by atoms with Crippen molar-refractivity contribution in [2.75, 3.05) is 0 Å². The molecule has 50 heavy (non-hydrogen) atoms. The first-order valence-corrected chi connectivity index (χ1v) is 16.4. The Kier molecular flexibility index (Phi) is 5.16. The van der Waals surface area contributed by atoms with Gasteiger partial charge >= 0.3 is 0 Å². The van der Waals surface area contributed by atoms with Gasteiger partial charge < -0.3 is 18.0 Å². The van der Waals surface area contributed by atoms with Crippen LogP contribution < -0.4 is 0 Å². The van der Waals surface area contributed by atoms with Gasteiger partial charge in [-0.15, -0.1) is 0 Å². The maximum absolute atomic E-state index is 11.0. The summed E-state index contributed by atoms with van der Waals surface area (Å²) in [5.74, 6) is 0. The Morgan fingerprint density at radius 3 is 1.48 bits per heavy atom. The lowest BCUT2D eigenvalue weighted by atomic mass is 10.0. The molecule has 4 aromatic heterocycles. The minimum Gasteiger partial charge on any atom is -0.456 e. The summed E-state index contributed by atoms with van der Waals surface area (Å²) in [6.07, 6.45) is 0. The quantitative estimate of drug-likeness (QED) is 0.189. The Morgan fingerprint density at radius 2 is 0.920 bits per heavy atom. The van der Waals surface area contributed by atoms with Crippen LogP contribution >= 0.6 is 0 Å². The second-order valence-electron chi connectivity index (χ2n) is 12.7. The molecule has 0 saturated heterocycles. The average Bonchev–Trinajstić information content (AvgIpc) is 3.91. The van der Waals surface area contributed by atoms with Crippen LogP contribution in [0.3, 0.4) is 0 Å². The first kappa shape index (κ1) is 26.8. The molecular formula is C44H22N4O2. The second-order valence-corrected chi connectivity index (χ2v) is 12.7. The minimum atomic E-state index is 0.299. The number of furan rings is 2. The Bertz CT molecular complexity index is 3360. The molecule has 0 aliphatic rings. The number of hydrogen-bond acceptors (Lipinski definition) is 4. The first-order valence-electron chi connectivity index (χ1n) is 16.4. The lowest BCUT2D eigenvalue weighted by Crippen LogP contribution is -2.07. The van der Waals surface area contributed by atoms with Crippen LogP contribution in [0.1, 0.15) is 11.1 Å². The van der Waals surface area contributed by atoms with E-state index >= 15 is 0 Å². The van der Waals surface area contributed by atoms with Gasteiger partial charge in [0, 0.05) is 32.3 Å². The topological polar surface area (TPSA) is 83.7 Å². The SMILES string of the molecule is N#Cc1ccc(-n2c3ccccc3c3ccc4oc5ccccc5c4c32)c(-n2c3ccccc3c3ccc4oc5ccccc5c4c32)c1C#N. The Balaban J connectivity index is 1.42. The van der Waals surface area contributed by atoms with Gasteiger partial charge in [-0.1, -0.05) is 72.8 Å². The lowest BCUT2D eigenvalue weighted by Gasteiger charge is -2.19. The predicted molar refractivity (Wildman–Crippen MR) is 199 cm³/mol. The van der Waals surface area contributed by atoms with Gasteiger partial charge in [-0.2, -0.15) is 10.5 Å². The number of rotatable bonds is 2. The highest BCUT2D eigenvalue weighted by Gasteiger charge is 2.27. The van der Waals surface area contributed by atoms with E-state index in [4.69, 9.17) is 8.83 Å². The van der Waals surface area contributed by atoms with E-state index < -0.39 is 0 Å². The second kappa shape index (κ2) is 9.64. The molecule has 6 nitrogen and oxygen atoms in total. The Labute approximate surface area is 283 Å². The predicted octanol–water partition coefficient (Wildman–Crippen LogP) is 11.4. The van der Waals surface area contributed by atoms with Crippen LogP contribution in [0.2, 0.25) is 0 Å². The fraction of sp³-hybridized carbons (Fsp3) is 0. The van der Waals surface area contributed by atoms with Crippen molar-refractivity contribution in [3.63, 3.8) is 0 Å². The number of fused-ring (bicyclic) bond motifs is 14. The third-order valence-electron chi connectivity index (χ3n) is 10.2. The standard InChI is InChI=1S/C44H22N4O2/c45-23-25-17-20-35(47-33-13-5-1-9-26(33)28-18-21-38-40(43(28)47)30-11-3-7-15-36(30)49-38)42(32(25)24-46)48-34-14-6-2-10-27(34)29-19-22-39-41(44(29)48)31-12-4-8-16-37(31)50-39/h1-22H. The number of benzene rings is 7. The van der Waals surface area contributed by atoms with E-state index in [1.165, 1.54) is 0 Å². The van der Waals surface area contributed by atoms with Crippen LogP contribution in [-0.4, -0.2) is 9.13 Å². The van der Waals surface area contributed by atoms with Crippen molar-refractivity contribution in [2.24, 2.45) is 0 Å². The van der Waals surface area contributed by atoms with Gasteiger partial charge in [-0.3, -0.25) is 0 Å². The summed E-state index contributed by atoms with van der Waals surface area (Å²) < 4.78 is 17.2. The molecule has 0 atom stereocenters. The zero-order chi connectivity index (χ0) is 33.1. The van der Waals surface area contributed by atoms with E-state index in [0.29, 0.717) is 16.8 Å². The molecule has 0 fully saturated rings. The molecule has 0 unspecified atom stereocenters. The molecule has 0 bridgehead atoms. The van der Waals surface area contributed by atoms with Gasteiger partial charge in [0.15, 0.2) is 0 Å². The molecule has 4 heterocycles. The van der Waals surface area contributed by atoms with E-state index in [2.05, 4.69) is 75.9 Å². The number of para-hydroxylation sites is 4. The molecular weight excluding hydrogens is 617 g/mol. The summed E-state index contributed by atoms with van der Waals surface area (Å²) in [7, 11) is 0. The smallest absolute Gasteiger partial charge is 0.137 e. The fourth-order valence-electron chi connectivity index (χ4n) is 8.21. The number of hydrogen-bond donors (Lipinski definition) is 0. The van der Waals surface area contributed by atoms with Crippen LogP contribution in [0.5, 0.6) is 0 Å². The summed E-state index contributed by atoms with van der Waals surface area (Å²) in [6, 6.07) is 49.6. The van der Waals surface area contributed by atoms with Crippen molar-refractivity contribution in [2.45, 2.75) is 0 Å². The van der Waals surface area contributed by atoms with Gasteiger partial charge in [-0.05, 0) is 60.7 Å². The summed E-state index contributed by atoms with van der Waals surface area (Å²) in [5, 5.41) is 29.6. The number of nitriles is 2. The maximum Gasteiger partial charge on any atom is 0.137 e. The molecule has 7 aromatic carbocycles. The molecule has 0 spiro atoms. The van der Waals surface area contributed by atoms with Crippen molar-refractivity contribution in [3.05, 3.63) is 145 Å². The summed E-state index contributed by atoms with van der Waals surface area (Å²) in [6.45, 7) is 0. The van der Waals surface area contributed by atoms with Crippen LogP contribution in [0, 0.1) is 22.7 Å². The van der Waals surface area contributed by atoms with Crippen molar-refractivity contribution >= 4 is 87.5 Å². The molecule has 11 aromatic rings. The van der Waals surface area contributed by atoms with E-state index in [1.54, 1.807) is 6.07 Å². The molecule has 0 saturated carbocycles. The molecule has 0 radical (unpaired) electrons. The first-order chi connectivity index (χ1) is 24.7. The van der Waals surface area contributed by atoms with E-state index in [-0.39, 0.29) is 0 Å². The third-order valence-corrected chi connectivity index (χ3v) is 10.2. The average molecular weight is 639 g/mol. The van der Waals surface area contributed by atoms with Crippen LogP contribution in [0.25, 0.3) is 98.9 Å². The zero-order valence-electron chi connectivity index (χ0n) is 26.3. The highest BCUT2D eigenvalue weighted by atomic mass is 16.3. The monoisotopic (exact) mass is 638 g/mol. The highest BCUT2D eigenvalue weighted by Crippen LogP contribution is 2.46. The number of aromatic nitrogens is 2. The van der Waals surface area contributed by atoms with Crippen molar-refractivity contribution in [1.82, 2.24) is 9.13 Å². The summed E-state index contributed by atoms with van der Waals surface area (Å²) in [5.41, 5.74) is 8.93. The normalized spacial score (nSPS) is 12.0. The van der Waals surface area contributed by atoms with E-state index in [9.17, 15) is 10.5 Å². The van der Waals surface area contributed by atoms with Gasteiger partial charge in [0.25, 0.3) is 0 Å². The zero-order valence-corrected chi connectivity index (χ0v) is 26.3. The molecule has 11 rings (SSSR count). The Hall–Kier alpha value is -7.28. The molecule has 0 N–H and O–H groups in total. The molecule has 0 amide bonds. The molecule has 0 aliphatic carbocycles. The van der Waals surface area contributed by atoms with E-state index in [1.807, 2.05) is 72.8 Å². The van der Waals surface area contributed by atoms with Gasteiger partial charge in [0.2, 0.25) is 0 Å². The molecule has 0 aliphatic heterocycles. The van der Waals surface area contributed by atoms with Gasteiger partial charge in [0.1, 0.15) is 34.5 Å². The van der Waals surface area contributed by atoms with Crippen molar-refractivity contribution < 1.29 is 8.83 Å². The van der Waals surface area contributed by atoms with Crippen molar-refractivity contribution in [3.8, 4) is 23.5 Å². The maximum atomic E-state index is 11.0. The number of nitrogens with zero attached hydrogens (tertiary/aromatic N) is 4. The Morgan fingerprint density at radius 1 is 0.420 bits per heavy atom. The molecule has 230 valence electrons. The van der Waals surface area contributed by atoms with Crippen molar-refractivity contribution in [1.29, 1.82) is 10.5 Å². The summed E-state index contributed by atoms with van der Waals surface area (Å²) in [4.78, 5) is 0.